The first-order chi connectivity index (χ1) is 12.7. The number of aliphatic hydroxyl groups excluding tert-OH is 1. The van der Waals surface area contributed by atoms with E-state index in [1.54, 1.807) is 0 Å². The van der Waals surface area contributed by atoms with E-state index in [4.69, 9.17) is 0 Å². The second-order valence-electron chi connectivity index (χ2n) is 7.46. The fourth-order valence-electron chi connectivity index (χ4n) is 3.59. The first-order valence-corrected chi connectivity index (χ1v) is 10.7. The topological polar surface area (TPSA) is 52.8 Å². The van der Waals surface area contributed by atoms with Gasteiger partial charge in [0.2, 0.25) is 0 Å². The smallest absolute Gasteiger partial charge is 0.116 e. The third-order valence-electron chi connectivity index (χ3n) is 5.26. The summed E-state index contributed by atoms with van der Waals surface area (Å²) in [6.07, 6.45) is 13.9. The second-order valence-corrected chi connectivity index (χ2v) is 7.46. The van der Waals surface area contributed by atoms with Crippen LogP contribution in [0.1, 0.15) is 96.5 Å². The zero-order valence-electron chi connectivity index (χ0n) is 16.9. The molecule has 0 aliphatic carbocycles. The maximum absolute atomic E-state index is 10.9. The lowest BCUT2D eigenvalue weighted by atomic mass is 9.86. The number of unbranched alkanes of at least 4 members (excludes halogenated alkanes) is 8. The summed E-state index contributed by atoms with van der Waals surface area (Å²) in [7, 11) is 0. The summed E-state index contributed by atoms with van der Waals surface area (Å²) in [6.45, 7) is 4.43. The summed E-state index contributed by atoms with van der Waals surface area (Å²) in [5.74, 6) is 0.168. The van der Waals surface area contributed by atoms with Gasteiger partial charge in [-0.1, -0.05) is 114 Å². The van der Waals surface area contributed by atoms with Crippen LogP contribution in [0, 0.1) is 5.92 Å². The summed E-state index contributed by atoms with van der Waals surface area (Å²) in [5, 5.41) is 23.8. The number of aliphatic hydroxyl groups is 1. The molecule has 26 heavy (non-hydrogen) atoms. The van der Waals surface area contributed by atoms with Gasteiger partial charge >= 0.3 is 0 Å². The minimum atomic E-state index is -0.696. The number of nitrogens with zero attached hydrogens (tertiary/aromatic N) is 1. The molecular formula is C23H39NO2. The molecule has 0 aliphatic rings. The molecule has 3 nitrogen and oxygen atoms in total. The fourth-order valence-corrected chi connectivity index (χ4v) is 3.59. The average molecular weight is 362 g/mol. The van der Waals surface area contributed by atoms with Gasteiger partial charge < -0.3 is 10.3 Å². The van der Waals surface area contributed by atoms with Gasteiger partial charge in [0, 0.05) is 5.56 Å². The molecule has 3 heteroatoms. The van der Waals surface area contributed by atoms with Crippen LogP contribution in [-0.4, -0.2) is 22.1 Å². The fraction of sp³-hybridized carbons (Fsp3) is 0.696. The third kappa shape index (κ3) is 8.84. The zero-order chi connectivity index (χ0) is 19.0. The Morgan fingerprint density at radius 1 is 0.808 bits per heavy atom. The molecule has 0 aromatic heterocycles. The summed E-state index contributed by atoms with van der Waals surface area (Å²) < 4.78 is 0. The Bertz CT molecular complexity index is 472. The Hall–Kier alpha value is -1.35. The molecule has 148 valence electrons. The van der Waals surface area contributed by atoms with E-state index in [9.17, 15) is 10.3 Å². The van der Waals surface area contributed by atoms with Gasteiger partial charge in [-0.05, 0) is 18.8 Å². The minimum absolute atomic E-state index is 0.168. The molecule has 0 aliphatic heterocycles. The van der Waals surface area contributed by atoms with E-state index in [0.717, 1.165) is 37.7 Å². The van der Waals surface area contributed by atoms with Crippen LogP contribution in [0.15, 0.2) is 35.5 Å². The van der Waals surface area contributed by atoms with Crippen LogP contribution in [-0.2, 0) is 0 Å². The van der Waals surface area contributed by atoms with E-state index < -0.39 is 6.10 Å². The van der Waals surface area contributed by atoms with Gasteiger partial charge in [-0.25, -0.2) is 0 Å². The van der Waals surface area contributed by atoms with Crippen molar-refractivity contribution in [2.75, 3.05) is 0 Å². The van der Waals surface area contributed by atoms with Gasteiger partial charge in [-0.15, -0.1) is 0 Å². The van der Waals surface area contributed by atoms with Crippen molar-refractivity contribution >= 4 is 5.71 Å². The number of oxime groups is 1. The van der Waals surface area contributed by atoms with Crippen LogP contribution in [0.3, 0.4) is 0 Å². The van der Waals surface area contributed by atoms with Crippen LogP contribution >= 0.6 is 0 Å². The van der Waals surface area contributed by atoms with E-state index in [-0.39, 0.29) is 5.92 Å². The summed E-state index contributed by atoms with van der Waals surface area (Å²) >= 11 is 0. The van der Waals surface area contributed by atoms with E-state index >= 15 is 0 Å². The molecule has 2 N–H and O–H groups in total. The summed E-state index contributed by atoms with van der Waals surface area (Å²) in [5.41, 5.74) is 1.21. The molecule has 0 spiro atoms. The molecule has 0 saturated carbocycles. The van der Waals surface area contributed by atoms with Crippen molar-refractivity contribution in [2.45, 2.75) is 97.0 Å². The molecule has 0 heterocycles. The molecule has 0 amide bonds. The van der Waals surface area contributed by atoms with Crippen molar-refractivity contribution in [2.24, 2.45) is 11.1 Å². The number of benzene rings is 1. The Morgan fingerprint density at radius 3 is 1.92 bits per heavy atom. The van der Waals surface area contributed by atoms with Crippen molar-refractivity contribution in [3.8, 4) is 0 Å². The predicted octanol–water partition coefficient (Wildman–Crippen LogP) is 6.56. The molecule has 0 saturated heterocycles. The highest BCUT2D eigenvalue weighted by atomic mass is 16.4. The molecule has 0 radical (unpaired) electrons. The van der Waals surface area contributed by atoms with Gasteiger partial charge in [-0.3, -0.25) is 0 Å². The van der Waals surface area contributed by atoms with Crippen LogP contribution in [0.4, 0.5) is 0 Å². The molecular weight excluding hydrogens is 322 g/mol. The van der Waals surface area contributed by atoms with Gasteiger partial charge in [0.1, 0.15) is 11.8 Å². The van der Waals surface area contributed by atoms with Gasteiger partial charge in [0.05, 0.1) is 0 Å². The first-order valence-electron chi connectivity index (χ1n) is 10.7. The van der Waals surface area contributed by atoms with Crippen LogP contribution in [0.5, 0.6) is 0 Å². The molecule has 0 bridgehead atoms. The quantitative estimate of drug-likeness (QED) is 0.161. The van der Waals surface area contributed by atoms with E-state index in [0.29, 0.717) is 5.71 Å². The van der Waals surface area contributed by atoms with E-state index in [1.807, 2.05) is 30.3 Å². The molecule has 2 unspecified atom stereocenters. The van der Waals surface area contributed by atoms with Crippen LogP contribution < -0.4 is 0 Å². The molecule has 1 aromatic rings. The van der Waals surface area contributed by atoms with E-state index in [2.05, 4.69) is 19.0 Å². The lowest BCUT2D eigenvalue weighted by molar-refractivity contribution is 0.148. The standard InChI is InChI=1S/C23H39NO2/c1-3-5-7-8-9-10-11-13-19-21(16-6-4-2)23(25)22(24-26)20-17-14-12-15-18-20/h12,14-15,17-18,21,23,25-26H,3-11,13,16,19H2,1-2H3. The highest BCUT2D eigenvalue weighted by Gasteiger charge is 2.25. The molecule has 1 aromatic carbocycles. The SMILES string of the molecule is CCCCCCCCCCC(CCCC)C(O)C(=NO)c1ccccc1. The minimum Gasteiger partial charge on any atom is -0.411 e. The largest absolute Gasteiger partial charge is 0.411 e. The summed E-state index contributed by atoms with van der Waals surface area (Å²) in [4.78, 5) is 0. The zero-order valence-corrected chi connectivity index (χ0v) is 16.9. The van der Waals surface area contributed by atoms with Gasteiger partial charge in [-0.2, -0.15) is 0 Å². The number of hydrogen-bond donors (Lipinski definition) is 2. The average Bonchev–Trinajstić information content (AvgIpc) is 2.67. The van der Waals surface area contributed by atoms with E-state index in [1.165, 1.54) is 44.9 Å². The monoisotopic (exact) mass is 361 g/mol. The van der Waals surface area contributed by atoms with Gasteiger partial charge in [0.15, 0.2) is 0 Å². The normalized spacial score (nSPS) is 14.3. The highest BCUT2D eigenvalue weighted by Crippen LogP contribution is 2.24. The maximum atomic E-state index is 10.9. The third-order valence-corrected chi connectivity index (χ3v) is 5.26. The first kappa shape index (κ1) is 22.7. The molecule has 0 fully saturated rings. The van der Waals surface area contributed by atoms with Crippen molar-refractivity contribution < 1.29 is 10.3 Å². The Morgan fingerprint density at radius 2 is 1.35 bits per heavy atom. The lowest BCUT2D eigenvalue weighted by Gasteiger charge is -2.24. The number of rotatable bonds is 15. The van der Waals surface area contributed by atoms with Crippen LogP contribution in [0.25, 0.3) is 0 Å². The Labute approximate surface area is 160 Å². The summed E-state index contributed by atoms with van der Waals surface area (Å²) in [6, 6.07) is 9.54. The van der Waals surface area contributed by atoms with Crippen molar-refractivity contribution in [1.29, 1.82) is 0 Å². The Balaban J connectivity index is 2.48. The van der Waals surface area contributed by atoms with Crippen molar-refractivity contribution in [3.05, 3.63) is 35.9 Å². The molecule has 1 rings (SSSR count). The molecule has 2 atom stereocenters. The predicted molar refractivity (Wildman–Crippen MR) is 111 cm³/mol. The second kappa shape index (κ2) is 14.8. The van der Waals surface area contributed by atoms with Crippen molar-refractivity contribution in [3.63, 3.8) is 0 Å². The maximum Gasteiger partial charge on any atom is 0.116 e. The lowest BCUT2D eigenvalue weighted by Crippen LogP contribution is -2.30. The van der Waals surface area contributed by atoms with Crippen LogP contribution in [0.2, 0.25) is 0 Å². The Kier molecular flexibility index (Phi) is 12.9. The van der Waals surface area contributed by atoms with Gasteiger partial charge in [0.25, 0.3) is 0 Å². The highest BCUT2D eigenvalue weighted by molar-refractivity contribution is 6.03. The van der Waals surface area contributed by atoms with Crippen molar-refractivity contribution in [1.82, 2.24) is 0 Å². The number of hydrogen-bond acceptors (Lipinski definition) is 3.